The first kappa shape index (κ1) is 16.8. The first-order valence-electron chi connectivity index (χ1n) is 6.16. The topological polar surface area (TPSA) is 72.8 Å². The van der Waals surface area contributed by atoms with Gasteiger partial charge in [0.25, 0.3) is 10.0 Å². The van der Waals surface area contributed by atoms with Crippen molar-refractivity contribution >= 4 is 26.7 Å². The number of esters is 1. The number of hydrogen-bond donors (Lipinski definition) is 0. The van der Waals surface area contributed by atoms with Crippen LogP contribution in [-0.4, -0.2) is 32.5 Å². The van der Waals surface area contributed by atoms with Crippen molar-refractivity contribution in [2.24, 2.45) is 3.77 Å². The molecular formula is C13H19NO4S2. The molecule has 0 N–H and O–H groups in total. The van der Waals surface area contributed by atoms with E-state index in [1.54, 1.807) is 18.2 Å². The van der Waals surface area contributed by atoms with Crippen molar-refractivity contribution in [2.75, 3.05) is 12.9 Å². The van der Waals surface area contributed by atoms with Crippen molar-refractivity contribution in [1.82, 2.24) is 0 Å². The molecular weight excluding hydrogens is 298 g/mol. The molecule has 0 heterocycles. The van der Waals surface area contributed by atoms with Gasteiger partial charge in [0.15, 0.2) is 0 Å². The average Bonchev–Trinajstić information content (AvgIpc) is 2.43. The Kier molecular flexibility index (Phi) is 6.35. The van der Waals surface area contributed by atoms with Crippen LogP contribution in [0.15, 0.2) is 39.0 Å². The highest BCUT2D eigenvalue weighted by molar-refractivity contribution is 8.00. The molecule has 0 saturated heterocycles. The SMILES string of the molecule is COC(=O)CCS(=NS(=O)(=O)c1ccccc1)C(C)C. The van der Waals surface area contributed by atoms with Gasteiger partial charge in [-0.05, 0) is 12.1 Å². The normalized spacial score (nSPS) is 13.4. The molecule has 0 spiro atoms. The van der Waals surface area contributed by atoms with Crippen molar-refractivity contribution in [1.29, 1.82) is 0 Å². The summed E-state index contributed by atoms with van der Waals surface area (Å²) in [6.07, 6.45) is 0.172. The Balaban J connectivity index is 2.99. The Morgan fingerprint density at radius 3 is 2.40 bits per heavy atom. The molecule has 0 aliphatic carbocycles. The molecule has 1 rings (SSSR count). The van der Waals surface area contributed by atoms with E-state index in [1.807, 2.05) is 13.8 Å². The second kappa shape index (κ2) is 7.54. The van der Waals surface area contributed by atoms with Crippen LogP contribution in [0.4, 0.5) is 0 Å². The Morgan fingerprint density at radius 1 is 1.30 bits per heavy atom. The van der Waals surface area contributed by atoms with Gasteiger partial charge in [0.2, 0.25) is 0 Å². The van der Waals surface area contributed by atoms with Gasteiger partial charge in [-0.3, -0.25) is 4.79 Å². The number of hydrogen-bond acceptors (Lipinski definition) is 4. The molecule has 0 bridgehead atoms. The number of ether oxygens (including phenoxy) is 1. The maximum atomic E-state index is 12.2. The second-order valence-corrected chi connectivity index (χ2v) is 8.51. The van der Waals surface area contributed by atoms with Crippen LogP contribution in [-0.2, 0) is 30.2 Å². The van der Waals surface area contributed by atoms with Crippen LogP contribution in [0.5, 0.6) is 0 Å². The zero-order valence-corrected chi connectivity index (χ0v) is 13.4. The largest absolute Gasteiger partial charge is 0.469 e. The zero-order chi connectivity index (χ0) is 15.2. The molecule has 0 amide bonds. The van der Waals surface area contributed by atoms with Crippen molar-refractivity contribution in [2.45, 2.75) is 30.4 Å². The molecule has 0 aromatic heterocycles. The van der Waals surface area contributed by atoms with Crippen LogP contribution in [0.3, 0.4) is 0 Å². The van der Waals surface area contributed by atoms with Crippen LogP contribution < -0.4 is 0 Å². The number of methoxy groups -OCH3 is 1. The Hall–Kier alpha value is -1.21. The third kappa shape index (κ3) is 5.05. The van der Waals surface area contributed by atoms with Crippen molar-refractivity contribution < 1.29 is 17.9 Å². The lowest BCUT2D eigenvalue weighted by Gasteiger charge is -2.11. The van der Waals surface area contributed by atoms with Crippen molar-refractivity contribution in [3.05, 3.63) is 30.3 Å². The van der Waals surface area contributed by atoms with Gasteiger partial charge in [-0.2, -0.15) is 8.42 Å². The van der Waals surface area contributed by atoms with Gasteiger partial charge >= 0.3 is 5.97 Å². The summed E-state index contributed by atoms with van der Waals surface area (Å²) in [6.45, 7) is 3.79. The van der Waals surface area contributed by atoms with Crippen molar-refractivity contribution in [3.63, 3.8) is 0 Å². The maximum Gasteiger partial charge on any atom is 0.306 e. The van der Waals surface area contributed by atoms with Crippen molar-refractivity contribution in [3.8, 4) is 0 Å². The second-order valence-electron chi connectivity index (χ2n) is 4.34. The summed E-state index contributed by atoms with van der Waals surface area (Å²) in [6, 6.07) is 8.09. The van der Waals surface area contributed by atoms with Crippen LogP contribution in [0.1, 0.15) is 20.3 Å². The third-order valence-corrected chi connectivity index (χ3v) is 6.65. The number of nitrogens with zero attached hydrogens (tertiary/aromatic N) is 1. The Bertz CT molecular complexity index is 580. The minimum Gasteiger partial charge on any atom is -0.469 e. The summed E-state index contributed by atoms with van der Waals surface area (Å²) in [5, 5.41) is 0.0538. The highest BCUT2D eigenvalue weighted by atomic mass is 32.3. The Morgan fingerprint density at radius 2 is 1.90 bits per heavy atom. The smallest absolute Gasteiger partial charge is 0.306 e. The fourth-order valence-electron chi connectivity index (χ4n) is 1.41. The van der Waals surface area contributed by atoms with E-state index in [9.17, 15) is 13.2 Å². The molecule has 1 atom stereocenters. The lowest BCUT2D eigenvalue weighted by atomic mass is 10.4. The lowest BCUT2D eigenvalue weighted by Crippen LogP contribution is -2.15. The van der Waals surface area contributed by atoms with Crippen LogP contribution in [0, 0.1) is 0 Å². The molecule has 1 unspecified atom stereocenters. The summed E-state index contributed by atoms with van der Waals surface area (Å²) in [4.78, 5) is 11.3. The zero-order valence-electron chi connectivity index (χ0n) is 11.8. The lowest BCUT2D eigenvalue weighted by molar-refractivity contribution is -0.140. The number of carbonyl (C=O) groups excluding carboxylic acids is 1. The monoisotopic (exact) mass is 317 g/mol. The summed E-state index contributed by atoms with van der Waals surface area (Å²) in [5.41, 5.74) is 0. The maximum absolute atomic E-state index is 12.2. The molecule has 0 radical (unpaired) electrons. The number of rotatable bonds is 6. The summed E-state index contributed by atoms with van der Waals surface area (Å²) in [7, 11) is -3.09. The molecule has 112 valence electrons. The van der Waals surface area contributed by atoms with Gasteiger partial charge in [0.05, 0.1) is 18.4 Å². The molecule has 20 heavy (non-hydrogen) atoms. The quantitative estimate of drug-likeness (QED) is 0.754. The number of carbonyl (C=O) groups is 1. The number of benzene rings is 1. The standard InChI is InChI=1S/C13H19NO4S2/c1-11(2)19(10-9-13(15)18-3)14-20(16,17)12-7-5-4-6-8-12/h4-8,11H,9-10H2,1-3H3. The molecule has 0 fully saturated rings. The van der Waals surface area contributed by atoms with E-state index >= 15 is 0 Å². The molecule has 5 nitrogen and oxygen atoms in total. The van der Waals surface area contributed by atoms with Gasteiger partial charge in [-0.1, -0.05) is 42.7 Å². The predicted molar refractivity (Wildman–Crippen MR) is 80.1 cm³/mol. The molecule has 1 aromatic rings. The minimum absolute atomic E-state index is 0.0538. The van der Waals surface area contributed by atoms with Crippen LogP contribution >= 0.6 is 0 Å². The van der Waals surface area contributed by atoms with E-state index in [4.69, 9.17) is 0 Å². The average molecular weight is 317 g/mol. The van der Waals surface area contributed by atoms with E-state index in [-0.39, 0.29) is 22.5 Å². The highest BCUT2D eigenvalue weighted by Gasteiger charge is 2.16. The number of sulfonamides is 1. The van der Waals surface area contributed by atoms with Gasteiger partial charge in [-0.25, -0.2) is 0 Å². The van der Waals surface area contributed by atoms with E-state index in [0.29, 0.717) is 5.75 Å². The molecule has 0 saturated carbocycles. The molecule has 0 aliphatic heterocycles. The first-order chi connectivity index (χ1) is 9.36. The minimum atomic E-state index is -3.67. The van der Waals surface area contributed by atoms with E-state index in [0.717, 1.165) is 0 Å². The fraction of sp³-hybridized carbons (Fsp3) is 0.462. The molecule has 1 aromatic carbocycles. The van der Waals surface area contributed by atoms with Gasteiger partial charge in [0.1, 0.15) is 0 Å². The molecule has 0 aliphatic rings. The van der Waals surface area contributed by atoms with Crippen LogP contribution in [0.2, 0.25) is 0 Å². The van der Waals surface area contributed by atoms with Gasteiger partial charge in [0, 0.05) is 11.0 Å². The summed E-state index contributed by atoms with van der Waals surface area (Å²) < 4.78 is 32.9. The first-order valence-corrected chi connectivity index (χ1v) is 9.02. The fourth-order valence-corrected chi connectivity index (χ4v) is 5.10. The van der Waals surface area contributed by atoms with E-state index in [1.165, 1.54) is 19.2 Å². The summed E-state index contributed by atoms with van der Waals surface area (Å²) in [5.74, 6) is 0.0339. The predicted octanol–water partition coefficient (Wildman–Crippen LogP) is 2.15. The van der Waals surface area contributed by atoms with Crippen LogP contribution in [0.25, 0.3) is 0 Å². The van der Waals surface area contributed by atoms with Gasteiger partial charge < -0.3 is 4.74 Å². The van der Waals surface area contributed by atoms with Gasteiger partial charge in [-0.15, -0.1) is 3.77 Å². The Labute approximate surface area is 122 Å². The van der Waals surface area contributed by atoms with E-state index < -0.39 is 20.7 Å². The summed E-state index contributed by atoms with van der Waals surface area (Å²) >= 11 is 0. The highest BCUT2D eigenvalue weighted by Crippen LogP contribution is 2.15. The van der Waals surface area contributed by atoms with E-state index in [2.05, 4.69) is 8.50 Å². The molecule has 7 heteroatoms. The third-order valence-electron chi connectivity index (χ3n) is 2.52.